The van der Waals surface area contributed by atoms with Crippen LogP contribution in [-0.4, -0.2) is 9.97 Å². The van der Waals surface area contributed by atoms with Crippen molar-refractivity contribution in [3.05, 3.63) is 23.3 Å². The van der Waals surface area contributed by atoms with Crippen LogP contribution in [0.25, 0.3) is 0 Å². The van der Waals surface area contributed by atoms with Gasteiger partial charge in [-0.25, -0.2) is 0 Å². The molecule has 0 aliphatic carbocycles. The predicted octanol–water partition coefficient (Wildman–Crippen LogP) is 1.16. The zero-order chi connectivity index (χ0) is 8.27. The van der Waals surface area contributed by atoms with Gasteiger partial charge in [-0.05, 0) is 13.8 Å². The van der Waals surface area contributed by atoms with Crippen LogP contribution in [0, 0.1) is 25.2 Å². The summed E-state index contributed by atoms with van der Waals surface area (Å²) in [6.07, 6.45) is 2.05. The summed E-state index contributed by atoms with van der Waals surface area (Å²) in [4.78, 5) is 8.26. The lowest BCUT2D eigenvalue weighted by Gasteiger charge is -1.99. The molecule has 1 heterocycles. The van der Waals surface area contributed by atoms with Gasteiger partial charge in [0, 0.05) is 6.20 Å². The van der Waals surface area contributed by atoms with Gasteiger partial charge in [-0.15, -0.1) is 0 Å². The normalized spacial score (nSPS) is 9.18. The SMILES string of the molecule is Cc1cnc(C)c(CC#N)n1. The second-order valence-corrected chi connectivity index (χ2v) is 2.38. The van der Waals surface area contributed by atoms with Crippen molar-refractivity contribution < 1.29 is 0 Å². The van der Waals surface area contributed by atoms with Crippen LogP contribution in [-0.2, 0) is 6.42 Å². The van der Waals surface area contributed by atoms with Crippen LogP contribution in [0.3, 0.4) is 0 Å². The van der Waals surface area contributed by atoms with E-state index in [4.69, 9.17) is 5.26 Å². The summed E-state index contributed by atoms with van der Waals surface area (Å²) in [6.45, 7) is 3.73. The first kappa shape index (κ1) is 7.67. The van der Waals surface area contributed by atoms with Crippen LogP contribution in [0.1, 0.15) is 17.1 Å². The molecule has 0 aliphatic heterocycles. The third kappa shape index (κ3) is 1.74. The molecule has 11 heavy (non-hydrogen) atoms. The summed E-state index contributed by atoms with van der Waals surface area (Å²) in [5.41, 5.74) is 2.49. The van der Waals surface area contributed by atoms with E-state index in [9.17, 15) is 0 Å². The van der Waals surface area contributed by atoms with Gasteiger partial charge in [0.1, 0.15) is 0 Å². The lowest BCUT2D eigenvalue weighted by molar-refractivity contribution is 0.968. The summed E-state index contributed by atoms with van der Waals surface area (Å²) < 4.78 is 0. The standard InChI is InChI=1S/C8H9N3/c1-6-5-10-7(2)8(11-6)3-4-9/h5H,3H2,1-2H3. The number of hydrogen-bond acceptors (Lipinski definition) is 3. The topological polar surface area (TPSA) is 49.6 Å². The molecular formula is C8H9N3. The molecule has 0 fully saturated rings. The second-order valence-electron chi connectivity index (χ2n) is 2.38. The third-order valence-corrected chi connectivity index (χ3v) is 1.42. The maximum atomic E-state index is 8.42. The van der Waals surface area contributed by atoms with Crippen molar-refractivity contribution in [2.75, 3.05) is 0 Å². The Bertz CT molecular complexity index is 299. The van der Waals surface area contributed by atoms with Gasteiger partial charge in [-0.1, -0.05) is 0 Å². The smallest absolute Gasteiger partial charge is 0.0793 e. The van der Waals surface area contributed by atoms with Gasteiger partial charge < -0.3 is 0 Å². The Hall–Kier alpha value is -1.43. The molecule has 3 heteroatoms. The van der Waals surface area contributed by atoms with Crippen molar-refractivity contribution >= 4 is 0 Å². The lowest BCUT2D eigenvalue weighted by atomic mass is 10.2. The van der Waals surface area contributed by atoms with Crippen LogP contribution >= 0.6 is 0 Å². The number of hydrogen-bond donors (Lipinski definition) is 0. The van der Waals surface area contributed by atoms with Crippen LogP contribution in [0.5, 0.6) is 0 Å². The van der Waals surface area contributed by atoms with Gasteiger partial charge >= 0.3 is 0 Å². The fourth-order valence-corrected chi connectivity index (χ4v) is 0.830. The molecular weight excluding hydrogens is 138 g/mol. The highest BCUT2D eigenvalue weighted by Gasteiger charge is 1.99. The first-order valence-electron chi connectivity index (χ1n) is 3.40. The van der Waals surface area contributed by atoms with Crippen LogP contribution in [0.2, 0.25) is 0 Å². The molecule has 0 bridgehead atoms. The van der Waals surface area contributed by atoms with Gasteiger partial charge in [0.25, 0.3) is 0 Å². The molecule has 56 valence electrons. The average molecular weight is 147 g/mol. The minimum Gasteiger partial charge on any atom is -0.258 e. The highest BCUT2D eigenvalue weighted by atomic mass is 14.8. The molecule has 0 atom stereocenters. The fraction of sp³-hybridized carbons (Fsp3) is 0.375. The molecule has 1 aromatic rings. The average Bonchev–Trinajstić information content (AvgIpc) is 1.98. The molecule has 3 nitrogen and oxygen atoms in total. The Labute approximate surface area is 65.7 Å². The van der Waals surface area contributed by atoms with Gasteiger partial charge in [-0.2, -0.15) is 5.26 Å². The van der Waals surface area contributed by atoms with Gasteiger partial charge in [-0.3, -0.25) is 9.97 Å². The van der Waals surface area contributed by atoms with Gasteiger partial charge in [0.2, 0.25) is 0 Å². The molecule has 0 aromatic carbocycles. The van der Waals surface area contributed by atoms with Gasteiger partial charge in [0.15, 0.2) is 0 Å². The summed E-state index contributed by atoms with van der Waals surface area (Å²) >= 11 is 0. The van der Waals surface area contributed by atoms with Crippen LogP contribution in [0.15, 0.2) is 6.20 Å². The maximum absolute atomic E-state index is 8.42. The maximum Gasteiger partial charge on any atom is 0.0793 e. The van der Waals surface area contributed by atoms with Gasteiger partial charge in [0.05, 0.1) is 29.6 Å². The molecule has 1 aromatic heterocycles. The highest BCUT2D eigenvalue weighted by Crippen LogP contribution is 2.01. The van der Waals surface area contributed by atoms with E-state index in [0.29, 0.717) is 6.42 Å². The van der Waals surface area contributed by atoms with E-state index in [0.717, 1.165) is 17.1 Å². The minimum atomic E-state index is 0.348. The summed E-state index contributed by atoms with van der Waals surface area (Å²) in [5.74, 6) is 0. The Morgan fingerprint density at radius 1 is 1.55 bits per heavy atom. The van der Waals surface area contributed by atoms with Crippen LogP contribution < -0.4 is 0 Å². The zero-order valence-corrected chi connectivity index (χ0v) is 6.63. The summed E-state index contributed by atoms with van der Waals surface area (Å²) in [5, 5.41) is 8.42. The number of nitriles is 1. The number of aromatic nitrogens is 2. The Morgan fingerprint density at radius 3 is 2.91 bits per heavy atom. The van der Waals surface area contributed by atoms with E-state index in [1.165, 1.54) is 0 Å². The molecule has 0 unspecified atom stereocenters. The van der Waals surface area contributed by atoms with Crippen molar-refractivity contribution in [2.24, 2.45) is 0 Å². The Kier molecular flexibility index (Phi) is 2.17. The summed E-state index contributed by atoms with van der Waals surface area (Å²) in [6, 6.07) is 2.05. The molecule has 0 aliphatic rings. The molecule has 0 radical (unpaired) electrons. The number of nitrogens with zero attached hydrogens (tertiary/aromatic N) is 3. The molecule has 0 amide bonds. The first-order chi connectivity index (χ1) is 5.24. The molecule has 0 spiro atoms. The van der Waals surface area contributed by atoms with E-state index >= 15 is 0 Å². The molecule has 0 N–H and O–H groups in total. The monoisotopic (exact) mass is 147 g/mol. The van der Waals surface area contributed by atoms with E-state index in [1.807, 2.05) is 19.9 Å². The summed E-state index contributed by atoms with van der Waals surface area (Å²) in [7, 11) is 0. The minimum absolute atomic E-state index is 0.348. The van der Waals surface area contributed by atoms with Crippen molar-refractivity contribution in [1.82, 2.24) is 9.97 Å². The second kappa shape index (κ2) is 3.11. The van der Waals surface area contributed by atoms with E-state index in [-0.39, 0.29) is 0 Å². The molecule has 1 rings (SSSR count). The van der Waals surface area contributed by atoms with Crippen molar-refractivity contribution in [1.29, 1.82) is 5.26 Å². The number of rotatable bonds is 1. The van der Waals surface area contributed by atoms with Crippen LogP contribution in [0.4, 0.5) is 0 Å². The Balaban J connectivity index is 3.05. The first-order valence-corrected chi connectivity index (χ1v) is 3.40. The fourth-order valence-electron chi connectivity index (χ4n) is 0.830. The molecule has 0 saturated carbocycles. The van der Waals surface area contributed by atoms with E-state index < -0.39 is 0 Å². The van der Waals surface area contributed by atoms with Crippen molar-refractivity contribution in [2.45, 2.75) is 20.3 Å². The quantitative estimate of drug-likeness (QED) is 0.598. The van der Waals surface area contributed by atoms with E-state index in [1.54, 1.807) is 6.20 Å². The molecule has 0 saturated heterocycles. The highest BCUT2D eigenvalue weighted by molar-refractivity contribution is 5.15. The third-order valence-electron chi connectivity index (χ3n) is 1.42. The zero-order valence-electron chi connectivity index (χ0n) is 6.63. The van der Waals surface area contributed by atoms with Crippen molar-refractivity contribution in [3.8, 4) is 6.07 Å². The van der Waals surface area contributed by atoms with Crippen molar-refractivity contribution in [3.63, 3.8) is 0 Å². The number of aryl methyl sites for hydroxylation is 2. The lowest BCUT2D eigenvalue weighted by Crippen LogP contribution is -1.97. The van der Waals surface area contributed by atoms with E-state index in [2.05, 4.69) is 9.97 Å². The Morgan fingerprint density at radius 2 is 2.27 bits per heavy atom. The largest absolute Gasteiger partial charge is 0.258 e. The predicted molar refractivity (Wildman–Crippen MR) is 40.8 cm³/mol.